The highest BCUT2D eigenvalue weighted by Crippen LogP contribution is 2.27. The van der Waals surface area contributed by atoms with Crippen LogP contribution in [0.2, 0.25) is 0 Å². The summed E-state index contributed by atoms with van der Waals surface area (Å²) in [5, 5.41) is 12.3. The summed E-state index contributed by atoms with van der Waals surface area (Å²) < 4.78 is 0. The minimum absolute atomic E-state index is 0.0559. The maximum Gasteiger partial charge on any atom is 0.251 e. The summed E-state index contributed by atoms with van der Waals surface area (Å²) >= 11 is 0. The second-order valence-electron chi connectivity index (χ2n) is 10.5. The zero-order chi connectivity index (χ0) is 27.1. The first-order valence-electron chi connectivity index (χ1n) is 13.6. The van der Waals surface area contributed by atoms with Crippen molar-refractivity contribution in [3.8, 4) is 6.07 Å². The van der Waals surface area contributed by atoms with Gasteiger partial charge in [0.25, 0.3) is 5.91 Å². The molecule has 1 N–H and O–H groups in total. The first-order valence-corrected chi connectivity index (χ1v) is 13.6. The van der Waals surface area contributed by atoms with Gasteiger partial charge in [-0.1, -0.05) is 18.2 Å². The molecule has 2 heterocycles. The average molecular weight is 510 g/mol. The Balaban J connectivity index is 1.32. The van der Waals surface area contributed by atoms with E-state index in [1.165, 1.54) is 16.8 Å². The van der Waals surface area contributed by atoms with Crippen molar-refractivity contribution in [3.05, 3.63) is 94.3 Å². The van der Waals surface area contributed by atoms with E-state index in [1.807, 2.05) is 26.2 Å². The molecule has 2 aromatic carbocycles. The van der Waals surface area contributed by atoms with E-state index in [-0.39, 0.29) is 5.91 Å². The third-order valence-electron chi connectivity index (χ3n) is 7.88. The maximum atomic E-state index is 12.9. The first kappa shape index (κ1) is 27.3. The van der Waals surface area contributed by atoms with E-state index in [0.717, 1.165) is 50.0 Å². The fraction of sp³-hybridized carbons (Fsp3) is 0.406. The molecule has 3 aromatic rings. The molecule has 1 amide bonds. The Kier molecular flexibility index (Phi) is 9.15. The van der Waals surface area contributed by atoms with Gasteiger partial charge in [0.2, 0.25) is 0 Å². The van der Waals surface area contributed by atoms with Crippen LogP contribution in [0.25, 0.3) is 0 Å². The van der Waals surface area contributed by atoms with Gasteiger partial charge >= 0.3 is 0 Å². The van der Waals surface area contributed by atoms with E-state index < -0.39 is 0 Å². The summed E-state index contributed by atoms with van der Waals surface area (Å²) in [4.78, 5) is 22.3. The maximum absolute atomic E-state index is 12.9. The molecule has 198 valence electrons. The summed E-state index contributed by atoms with van der Waals surface area (Å²) in [7, 11) is 0. The number of para-hydroxylation sites is 1. The third kappa shape index (κ3) is 6.59. The number of likely N-dealkylation sites (tertiary alicyclic amines) is 1. The number of amides is 1. The SMILES string of the molecule is Cc1ccncc1CN(c1ccccc1)C1CCN([C@H](C)CCNC(=O)c2c(C)cc(C#N)cc2C)CC1. The van der Waals surface area contributed by atoms with Gasteiger partial charge in [-0.25, -0.2) is 0 Å². The van der Waals surface area contributed by atoms with Crippen molar-refractivity contribution < 1.29 is 4.79 Å². The number of anilines is 1. The Hall–Kier alpha value is -3.69. The number of pyridine rings is 1. The van der Waals surface area contributed by atoms with Gasteiger partial charge in [0.15, 0.2) is 0 Å². The van der Waals surface area contributed by atoms with E-state index in [4.69, 9.17) is 5.26 Å². The standard InChI is InChI=1S/C32H39N5O/c1-23-10-14-34-21-28(23)22-37(29-8-6-5-7-9-29)30-12-16-36(17-13-30)26(4)11-15-35-32(38)31-24(2)18-27(20-33)19-25(31)3/h5-10,14,18-19,21,26,30H,11-13,15-17,22H2,1-4H3,(H,35,38)/t26-/m1/s1. The molecular formula is C32H39N5O. The topological polar surface area (TPSA) is 72.3 Å². The van der Waals surface area contributed by atoms with Crippen molar-refractivity contribution in [3.63, 3.8) is 0 Å². The number of hydrogen-bond acceptors (Lipinski definition) is 5. The van der Waals surface area contributed by atoms with Gasteiger partial charge < -0.3 is 15.1 Å². The quantitative estimate of drug-likeness (QED) is 0.409. The number of aryl methyl sites for hydroxylation is 3. The van der Waals surface area contributed by atoms with Crippen LogP contribution in [-0.2, 0) is 6.54 Å². The van der Waals surface area contributed by atoms with Crippen LogP contribution >= 0.6 is 0 Å². The van der Waals surface area contributed by atoms with Crippen LogP contribution in [-0.4, -0.2) is 47.5 Å². The monoisotopic (exact) mass is 509 g/mol. The molecule has 1 atom stereocenters. The molecule has 1 aliphatic rings. The lowest BCUT2D eigenvalue weighted by atomic mass is 9.98. The lowest BCUT2D eigenvalue weighted by Crippen LogP contribution is -2.48. The zero-order valence-electron chi connectivity index (χ0n) is 23.1. The van der Waals surface area contributed by atoms with E-state index in [9.17, 15) is 4.79 Å². The Morgan fingerprint density at radius 1 is 1.11 bits per heavy atom. The van der Waals surface area contributed by atoms with Crippen LogP contribution < -0.4 is 10.2 Å². The molecule has 0 saturated carbocycles. The number of nitriles is 1. The summed E-state index contributed by atoms with van der Waals surface area (Å²) in [5.74, 6) is -0.0559. The molecule has 1 aromatic heterocycles. The molecule has 0 spiro atoms. The molecule has 1 fully saturated rings. The van der Waals surface area contributed by atoms with Crippen molar-refractivity contribution in [2.24, 2.45) is 0 Å². The van der Waals surface area contributed by atoms with Gasteiger partial charge in [-0.2, -0.15) is 5.26 Å². The molecule has 4 rings (SSSR count). The molecule has 0 bridgehead atoms. The highest BCUT2D eigenvalue weighted by Gasteiger charge is 2.27. The number of rotatable bonds is 9. The first-order chi connectivity index (χ1) is 18.4. The minimum atomic E-state index is -0.0559. The number of hydrogen-bond donors (Lipinski definition) is 1. The molecule has 0 radical (unpaired) electrons. The van der Waals surface area contributed by atoms with Crippen LogP contribution in [0.1, 0.15) is 64.4 Å². The highest BCUT2D eigenvalue weighted by atomic mass is 16.1. The van der Waals surface area contributed by atoms with E-state index in [0.29, 0.717) is 29.8 Å². The van der Waals surface area contributed by atoms with Crippen molar-refractivity contribution in [1.29, 1.82) is 5.26 Å². The number of piperidine rings is 1. The number of aromatic nitrogens is 1. The minimum Gasteiger partial charge on any atom is -0.364 e. The predicted octanol–water partition coefficient (Wildman–Crippen LogP) is 5.56. The van der Waals surface area contributed by atoms with Gasteiger partial charge in [-0.05, 0) is 99.5 Å². The van der Waals surface area contributed by atoms with Crippen molar-refractivity contribution in [2.45, 2.75) is 65.6 Å². The fourth-order valence-corrected chi connectivity index (χ4v) is 5.59. The van der Waals surface area contributed by atoms with Gasteiger partial charge in [-0.15, -0.1) is 0 Å². The van der Waals surface area contributed by atoms with Gasteiger partial charge in [-0.3, -0.25) is 9.78 Å². The molecule has 1 aliphatic heterocycles. The molecule has 1 saturated heterocycles. The summed E-state index contributed by atoms with van der Waals surface area (Å²) in [6.07, 6.45) is 6.98. The van der Waals surface area contributed by atoms with E-state index in [1.54, 1.807) is 12.1 Å². The normalized spacial score (nSPS) is 15.0. The number of nitrogens with one attached hydrogen (secondary N) is 1. The van der Waals surface area contributed by atoms with E-state index >= 15 is 0 Å². The van der Waals surface area contributed by atoms with Crippen LogP contribution in [0.15, 0.2) is 60.9 Å². The molecule has 6 nitrogen and oxygen atoms in total. The fourth-order valence-electron chi connectivity index (χ4n) is 5.59. The Bertz CT molecular complexity index is 1250. The van der Waals surface area contributed by atoms with Crippen molar-refractivity contribution in [2.75, 3.05) is 24.5 Å². The van der Waals surface area contributed by atoms with Crippen LogP contribution in [0.3, 0.4) is 0 Å². The summed E-state index contributed by atoms with van der Waals surface area (Å²) in [5.41, 5.74) is 6.78. The molecular weight excluding hydrogens is 470 g/mol. The number of benzene rings is 2. The van der Waals surface area contributed by atoms with Crippen LogP contribution in [0, 0.1) is 32.1 Å². The lowest BCUT2D eigenvalue weighted by Gasteiger charge is -2.42. The zero-order valence-corrected chi connectivity index (χ0v) is 23.1. The summed E-state index contributed by atoms with van der Waals surface area (Å²) in [6.45, 7) is 11.8. The Morgan fingerprint density at radius 2 is 1.79 bits per heavy atom. The third-order valence-corrected chi connectivity index (χ3v) is 7.88. The highest BCUT2D eigenvalue weighted by molar-refractivity contribution is 5.97. The molecule has 0 aliphatic carbocycles. The van der Waals surface area contributed by atoms with Crippen molar-refractivity contribution in [1.82, 2.24) is 15.2 Å². The van der Waals surface area contributed by atoms with Crippen LogP contribution in [0.4, 0.5) is 5.69 Å². The van der Waals surface area contributed by atoms with Gasteiger partial charge in [0.05, 0.1) is 11.6 Å². The number of carbonyl (C=O) groups is 1. The van der Waals surface area contributed by atoms with Crippen LogP contribution in [0.5, 0.6) is 0 Å². The Labute approximate surface area is 227 Å². The Morgan fingerprint density at radius 3 is 2.42 bits per heavy atom. The second-order valence-corrected chi connectivity index (χ2v) is 10.5. The lowest BCUT2D eigenvalue weighted by molar-refractivity contribution is 0.0944. The molecule has 38 heavy (non-hydrogen) atoms. The van der Waals surface area contributed by atoms with Gasteiger partial charge in [0.1, 0.15) is 0 Å². The number of nitrogens with zero attached hydrogens (tertiary/aromatic N) is 4. The molecule has 6 heteroatoms. The largest absolute Gasteiger partial charge is 0.364 e. The molecule has 0 unspecified atom stereocenters. The second kappa shape index (κ2) is 12.7. The van der Waals surface area contributed by atoms with Gasteiger partial charge in [0, 0.05) is 61.9 Å². The van der Waals surface area contributed by atoms with Crippen molar-refractivity contribution >= 4 is 11.6 Å². The summed E-state index contributed by atoms with van der Waals surface area (Å²) in [6, 6.07) is 19.4. The van der Waals surface area contributed by atoms with E-state index in [2.05, 4.69) is 76.4 Å². The number of carbonyl (C=O) groups excluding carboxylic acids is 1. The smallest absolute Gasteiger partial charge is 0.251 e. The average Bonchev–Trinajstić information content (AvgIpc) is 2.92. The predicted molar refractivity (Wildman–Crippen MR) is 153 cm³/mol.